The number of amides is 1. The topological polar surface area (TPSA) is 127 Å². The number of anilines is 1. The molecule has 1 amide bonds. The molecule has 0 unspecified atom stereocenters. The minimum atomic E-state index is -3.66. The van der Waals surface area contributed by atoms with E-state index in [1.807, 2.05) is 0 Å². The quantitative estimate of drug-likeness (QED) is 0.685. The number of nitrogens with two attached hydrogens (primary N) is 1. The van der Waals surface area contributed by atoms with E-state index in [1.54, 1.807) is 24.3 Å². The highest BCUT2D eigenvalue weighted by molar-refractivity contribution is 7.92. The van der Waals surface area contributed by atoms with Crippen LogP contribution in [0.5, 0.6) is 5.75 Å². The molecule has 21 heavy (non-hydrogen) atoms. The summed E-state index contributed by atoms with van der Waals surface area (Å²) in [6.45, 7) is 0.176. The summed E-state index contributed by atoms with van der Waals surface area (Å²) >= 11 is 0. The van der Waals surface area contributed by atoms with Crippen molar-refractivity contribution in [3.8, 4) is 5.75 Å². The maximum Gasteiger partial charge on any atom is 0.265 e. The molecule has 1 heterocycles. The third kappa shape index (κ3) is 4.21. The first kappa shape index (κ1) is 14.9. The van der Waals surface area contributed by atoms with Crippen molar-refractivity contribution in [1.29, 1.82) is 0 Å². The van der Waals surface area contributed by atoms with Gasteiger partial charge in [0.1, 0.15) is 10.6 Å². The number of aromatic amines is 1. The lowest BCUT2D eigenvalue weighted by Crippen LogP contribution is -2.14. The molecule has 0 fully saturated rings. The molecular formula is C12H14N4O4S. The number of carbonyl (C=O) groups excluding carboxylic acids is 1. The number of hydrogen-bond acceptors (Lipinski definition) is 5. The first-order valence-electron chi connectivity index (χ1n) is 6.00. The molecule has 4 N–H and O–H groups in total. The third-order valence-corrected chi connectivity index (χ3v) is 3.86. The zero-order valence-electron chi connectivity index (χ0n) is 10.9. The Labute approximate surface area is 121 Å². The fourth-order valence-electron chi connectivity index (χ4n) is 1.49. The molecule has 0 radical (unpaired) electrons. The molecule has 2 aromatic rings. The SMILES string of the molecule is NC(=O)CCOc1ccc(NS(=O)(=O)c2cn[nH]c2)cc1. The minimum absolute atomic E-state index is 0.0456. The molecule has 112 valence electrons. The Balaban J connectivity index is 1.98. The monoisotopic (exact) mass is 310 g/mol. The van der Waals surface area contributed by atoms with E-state index < -0.39 is 15.9 Å². The molecule has 2 rings (SSSR count). The van der Waals surface area contributed by atoms with Crippen LogP contribution in [-0.4, -0.2) is 31.1 Å². The van der Waals surface area contributed by atoms with E-state index >= 15 is 0 Å². The van der Waals surface area contributed by atoms with Crippen LogP contribution in [0, 0.1) is 0 Å². The van der Waals surface area contributed by atoms with E-state index in [9.17, 15) is 13.2 Å². The van der Waals surface area contributed by atoms with Crippen LogP contribution in [0.15, 0.2) is 41.6 Å². The van der Waals surface area contributed by atoms with Crippen molar-refractivity contribution in [3.63, 3.8) is 0 Å². The zero-order chi connectivity index (χ0) is 15.3. The molecule has 0 aliphatic rings. The van der Waals surface area contributed by atoms with Crippen LogP contribution in [0.3, 0.4) is 0 Å². The van der Waals surface area contributed by atoms with Gasteiger partial charge in [-0.25, -0.2) is 8.42 Å². The second-order valence-corrected chi connectivity index (χ2v) is 5.81. The molecule has 9 heteroatoms. The van der Waals surface area contributed by atoms with Crippen molar-refractivity contribution in [1.82, 2.24) is 10.2 Å². The molecular weight excluding hydrogens is 296 g/mol. The number of sulfonamides is 1. The van der Waals surface area contributed by atoms with Crippen LogP contribution in [0.25, 0.3) is 0 Å². The maximum atomic E-state index is 11.9. The number of primary amides is 1. The molecule has 0 saturated carbocycles. The van der Waals surface area contributed by atoms with Crippen LogP contribution in [0.1, 0.15) is 6.42 Å². The van der Waals surface area contributed by atoms with Crippen molar-refractivity contribution in [2.24, 2.45) is 5.73 Å². The van der Waals surface area contributed by atoms with Crippen LogP contribution >= 0.6 is 0 Å². The molecule has 0 atom stereocenters. The predicted octanol–water partition coefficient (Wildman–Crippen LogP) is 0.465. The van der Waals surface area contributed by atoms with Crippen LogP contribution < -0.4 is 15.2 Å². The summed E-state index contributed by atoms with van der Waals surface area (Å²) in [7, 11) is -3.66. The number of H-pyrrole nitrogens is 1. The first-order chi connectivity index (χ1) is 9.97. The number of hydrogen-bond donors (Lipinski definition) is 3. The molecule has 1 aromatic heterocycles. The van der Waals surface area contributed by atoms with Crippen molar-refractivity contribution < 1.29 is 17.9 Å². The Morgan fingerprint density at radius 1 is 1.33 bits per heavy atom. The van der Waals surface area contributed by atoms with Gasteiger partial charge >= 0.3 is 0 Å². The molecule has 1 aromatic carbocycles. The highest BCUT2D eigenvalue weighted by Crippen LogP contribution is 2.19. The number of ether oxygens (including phenoxy) is 1. The lowest BCUT2D eigenvalue weighted by atomic mass is 10.3. The van der Waals surface area contributed by atoms with Crippen molar-refractivity contribution in [3.05, 3.63) is 36.7 Å². The Kier molecular flexibility index (Phi) is 4.43. The Morgan fingerprint density at radius 2 is 2.05 bits per heavy atom. The van der Waals surface area contributed by atoms with Crippen LogP contribution in [-0.2, 0) is 14.8 Å². The predicted molar refractivity (Wildman–Crippen MR) is 75.1 cm³/mol. The molecule has 0 saturated heterocycles. The van der Waals surface area contributed by atoms with E-state index in [1.165, 1.54) is 12.4 Å². The lowest BCUT2D eigenvalue weighted by molar-refractivity contribution is -0.118. The average Bonchev–Trinajstić information content (AvgIpc) is 2.95. The van der Waals surface area contributed by atoms with Crippen molar-refractivity contribution in [2.75, 3.05) is 11.3 Å². The van der Waals surface area contributed by atoms with Gasteiger partial charge in [-0.1, -0.05) is 0 Å². The number of benzene rings is 1. The fourth-order valence-corrected chi connectivity index (χ4v) is 2.45. The number of carbonyl (C=O) groups is 1. The standard InChI is InChI=1S/C12H14N4O4S/c13-12(17)5-6-20-10-3-1-9(2-4-10)16-21(18,19)11-7-14-15-8-11/h1-4,7-8,16H,5-6H2,(H2,13,17)(H,14,15). The van der Waals surface area contributed by atoms with Crippen LogP contribution in [0.4, 0.5) is 5.69 Å². The molecule has 0 spiro atoms. The summed E-state index contributed by atoms with van der Waals surface area (Å²) in [4.78, 5) is 10.6. The van der Waals surface area contributed by atoms with Gasteiger partial charge < -0.3 is 10.5 Å². The summed E-state index contributed by atoms with van der Waals surface area (Å²) in [5.41, 5.74) is 5.38. The van der Waals surface area contributed by atoms with E-state index in [4.69, 9.17) is 10.5 Å². The smallest absolute Gasteiger partial charge is 0.265 e. The van der Waals surface area contributed by atoms with Gasteiger partial charge in [0.15, 0.2) is 0 Å². The number of nitrogens with zero attached hydrogens (tertiary/aromatic N) is 1. The summed E-state index contributed by atoms with van der Waals surface area (Å²) in [5, 5.41) is 6.03. The lowest BCUT2D eigenvalue weighted by Gasteiger charge is -2.08. The van der Waals surface area contributed by atoms with E-state index in [-0.39, 0.29) is 17.9 Å². The highest BCUT2D eigenvalue weighted by Gasteiger charge is 2.15. The van der Waals surface area contributed by atoms with Gasteiger partial charge in [-0.2, -0.15) is 5.10 Å². The minimum Gasteiger partial charge on any atom is -0.493 e. The molecule has 8 nitrogen and oxygen atoms in total. The van der Waals surface area contributed by atoms with Gasteiger partial charge in [0.25, 0.3) is 10.0 Å². The van der Waals surface area contributed by atoms with Gasteiger partial charge in [0.2, 0.25) is 5.91 Å². The molecule has 0 bridgehead atoms. The second-order valence-electron chi connectivity index (χ2n) is 4.13. The molecule has 0 aliphatic heterocycles. The van der Waals surface area contributed by atoms with Gasteiger partial charge in [-0.15, -0.1) is 0 Å². The van der Waals surface area contributed by atoms with Crippen molar-refractivity contribution in [2.45, 2.75) is 11.3 Å². The second kappa shape index (κ2) is 6.27. The third-order valence-electron chi connectivity index (χ3n) is 2.51. The van der Waals surface area contributed by atoms with Gasteiger partial charge in [-0.05, 0) is 24.3 Å². The fraction of sp³-hybridized carbons (Fsp3) is 0.167. The first-order valence-corrected chi connectivity index (χ1v) is 7.48. The summed E-state index contributed by atoms with van der Waals surface area (Å²) < 4.78 is 31.6. The van der Waals surface area contributed by atoms with Crippen molar-refractivity contribution >= 4 is 21.6 Å². The highest BCUT2D eigenvalue weighted by atomic mass is 32.2. The molecule has 0 aliphatic carbocycles. The van der Waals surface area contributed by atoms with Crippen LogP contribution in [0.2, 0.25) is 0 Å². The van der Waals surface area contributed by atoms with E-state index in [2.05, 4.69) is 14.9 Å². The van der Waals surface area contributed by atoms with E-state index in [0.29, 0.717) is 11.4 Å². The summed E-state index contributed by atoms with van der Waals surface area (Å²) in [6.07, 6.45) is 2.61. The van der Waals surface area contributed by atoms with E-state index in [0.717, 1.165) is 0 Å². The number of aromatic nitrogens is 2. The summed E-state index contributed by atoms with van der Waals surface area (Å²) in [5.74, 6) is 0.0713. The zero-order valence-corrected chi connectivity index (χ0v) is 11.8. The van der Waals surface area contributed by atoms with Gasteiger partial charge in [0, 0.05) is 11.9 Å². The summed E-state index contributed by atoms with van der Waals surface area (Å²) in [6, 6.07) is 6.29. The largest absolute Gasteiger partial charge is 0.493 e. The Morgan fingerprint density at radius 3 is 2.62 bits per heavy atom. The normalized spacial score (nSPS) is 11.0. The number of nitrogens with one attached hydrogen (secondary N) is 2. The maximum absolute atomic E-state index is 11.9. The Hall–Kier alpha value is -2.55. The average molecular weight is 310 g/mol. The Bertz CT molecular complexity index is 695. The van der Waals surface area contributed by atoms with Gasteiger partial charge in [-0.3, -0.25) is 14.6 Å². The van der Waals surface area contributed by atoms with Gasteiger partial charge in [0.05, 0.1) is 19.2 Å². The number of rotatable bonds is 7.